The Morgan fingerprint density at radius 2 is 0.988 bits per heavy atom. The Bertz CT molecular complexity index is 4780. The van der Waals surface area contributed by atoms with E-state index in [-0.39, 0.29) is 5.41 Å². The summed E-state index contributed by atoms with van der Waals surface area (Å²) in [5, 5.41) is 4.87. The van der Waals surface area contributed by atoms with Gasteiger partial charge in [0.2, 0.25) is 0 Å². The average molecular weight is 1050 g/mol. The number of hydrogen-bond acceptors (Lipinski definition) is 4. The number of anilines is 7. The molecule has 6 heteroatoms. The Labute approximate surface area is 477 Å². The van der Waals surface area contributed by atoms with E-state index in [0.717, 1.165) is 56.4 Å². The smallest absolute Gasteiger partial charge is 0.137 e. The fourth-order valence-corrected chi connectivity index (χ4v) is 13.3. The molecule has 0 atom stereocenters. The number of benzene rings is 11. The van der Waals surface area contributed by atoms with E-state index in [1.165, 1.54) is 88.6 Å². The van der Waals surface area contributed by atoms with Gasteiger partial charge in [-0.25, -0.2) is 4.98 Å². The van der Waals surface area contributed by atoms with Crippen molar-refractivity contribution in [1.29, 1.82) is 0 Å². The van der Waals surface area contributed by atoms with Gasteiger partial charge >= 0.3 is 0 Å². The average Bonchev–Trinajstić information content (AvgIpc) is 3.72. The topological polar surface area (TPSA) is 32.5 Å². The summed E-state index contributed by atoms with van der Waals surface area (Å²) in [6.07, 6.45) is 1.98. The highest BCUT2D eigenvalue weighted by Gasteiger charge is 2.33. The summed E-state index contributed by atoms with van der Waals surface area (Å²) in [6.45, 7) is 7.46. The van der Waals surface area contributed by atoms with Gasteiger partial charge in [-0.05, 0) is 118 Å². The minimum absolute atomic E-state index is 0.0955. The fraction of sp³-hybridized carbons (Fsp3) is 0.0658. The highest BCUT2D eigenvalue weighted by molar-refractivity contribution is 6.23. The lowest BCUT2D eigenvalue weighted by Gasteiger charge is -2.29. The third-order valence-corrected chi connectivity index (χ3v) is 17.1. The van der Waals surface area contributed by atoms with Crippen molar-refractivity contribution in [3.05, 3.63) is 279 Å². The number of rotatable bonds is 8. The lowest BCUT2D eigenvalue weighted by Crippen LogP contribution is -2.25. The Hall–Kier alpha value is -10.4. The van der Waals surface area contributed by atoms with Crippen molar-refractivity contribution in [3.63, 3.8) is 0 Å². The quantitative estimate of drug-likeness (QED) is 0.152. The molecule has 0 aliphatic carbocycles. The molecule has 0 unspecified atom stereocenters. The monoisotopic (exact) mass is 1050 g/mol. The van der Waals surface area contributed by atoms with E-state index in [1.54, 1.807) is 0 Å². The van der Waals surface area contributed by atoms with Crippen LogP contribution < -0.4 is 14.7 Å². The second kappa shape index (κ2) is 18.6. The van der Waals surface area contributed by atoms with E-state index in [9.17, 15) is 0 Å². The minimum atomic E-state index is -0.0955. The third kappa shape index (κ3) is 7.38. The van der Waals surface area contributed by atoms with Crippen molar-refractivity contribution in [2.45, 2.75) is 26.2 Å². The highest BCUT2D eigenvalue weighted by atomic mass is 15.4. The molecule has 82 heavy (non-hydrogen) atoms. The second-order valence-electron chi connectivity index (χ2n) is 22.8. The van der Waals surface area contributed by atoms with Crippen LogP contribution in [-0.4, -0.2) is 20.8 Å². The number of para-hydroxylation sites is 6. The zero-order valence-electron chi connectivity index (χ0n) is 45.9. The van der Waals surface area contributed by atoms with E-state index >= 15 is 0 Å². The maximum atomic E-state index is 5.24. The van der Waals surface area contributed by atoms with Crippen LogP contribution in [0.3, 0.4) is 0 Å². The first-order chi connectivity index (χ1) is 40.4. The molecule has 0 saturated carbocycles. The summed E-state index contributed by atoms with van der Waals surface area (Å²) in [7, 11) is 0. The molecule has 390 valence electrons. The number of pyridine rings is 1. The van der Waals surface area contributed by atoms with Gasteiger partial charge in [-0.2, -0.15) is 0 Å². The Kier molecular flexibility index (Phi) is 10.8. The maximum Gasteiger partial charge on any atom is 0.137 e. The number of fused-ring (bicyclic) bond motifs is 13. The molecule has 0 amide bonds. The van der Waals surface area contributed by atoms with Gasteiger partial charge in [-0.15, -0.1) is 0 Å². The molecule has 14 aromatic rings. The number of nitrogens with zero attached hydrogens (tertiary/aromatic N) is 6. The van der Waals surface area contributed by atoms with E-state index in [0.29, 0.717) is 6.67 Å². The SMILES string of the molecule is CC(C)(C)c1ccnc(-n2c3cc(N(c4ccccc4)c4cccc(N5CN(c6c(-c7ccccc7)cccc6-c6ccccc6)c6ccccc65)c4)ccc3c3c4c(ccc32)-n2c3ccccc3c3cccc(c32)-c2ccccc2-4)c1. The number of hydrogen-bond donors (Lipinski definition) is 0. The molecular formula is C76H56N6. The van der Waals surface area contributed by atoms with Crippen LogP contribution in [0, 0.1) is 0 Å². The highest BCUT2D eigenvalue weighted by Crippen LogP contribution is 2.53. The largest absolute Gasteiger partial charge is 0.321 e. The summed E-state index contributed by atoms with van der Waals surface area (Å²) in [4.78, 5) is 12.6. The van der Waals surface area contributed by atoms with E-state index < -0.39 is 0 Å². The lowest BCUT2D eigenvalue weighted by molar-refractivity contribution is 0.588. The first-order valence-corrected chi connectivity index (χ1v) is 28.4. The van der Waals surface area contributed by atoms with Crippen LogP contribution in [0.4, 0.5) is 39.8 Å². The van der Waals surface area contributed by atoms with Crippen molar-refractivity contribution in [2.24, 2.45) is 0 Å². The van der Waals surface area contributed by atoms with Gasteiger partial charge in [0.1, 0.15) is 12.5 Å². The van der Waals surface area contributed by atoms with Gasteiger partial charge < -0.3 is 19.3 Å². The van der Waals surface area contributed by atoms with Gasteiger partial charge in [0.05, 0.1) is 44.8 Å². The maximum absolute atomic E-state index is 5.24. The standard InChI is InChI=1S/C76H56N6/c1-76(2,3)52-44-45-77-71(46-52)81-68-42-43-69-72(61-32-14-13-30-59(61)62-35-21-36-63-60-31-15-16-37-65(60)82(69)75(62)63)73(68)64-41-40-56(48-70(64)81)80(53-26-11-6-12-27-53)55-29-19-28-54(47-55)78-49-79(67-39-18-17-38-66(67)78)74-57(50-22-7-4-8-23-50)33-20-34-58(74)51-24-9-5-10-25-51/h4-48H,49H2,1-3H3. The predicted octanol–water partition coefficient (Wildman–Crippen LogP) is 20.3. The van der Waals surface area contributed by atoms with Crippen LogP contribution in [0.25, 0.3) is 99.6 Å². The summed E-state index contributed by atoms with van der Waals surface area (Å²) >= 11 is 0. The van der Waals surface area contributed by atoms with Crippen molar-refractivity contribution < 1.29 is 0 Å². The molecule has 0 N–H and O–H groups in total. The van der Waals surface area contributed by atoms with Gasteiger partial charge in [0.15, 0.2) is 0 Å². The summed E-state index contributed by atoms with van der Waals surface area (Å²) in [5.41, 5.74) is 24.3. The molecule has 0 bridgehead atoms. The van der Waals surface area contributed by atoms with Gasteiger partial charge in [0.25, 0.3) is 0 Å². The molecule has 0 spiro atoms. The van der Waals surface area contributed by atoms with E-state index in [2.05, 4.69) is 312 Å². The van der Waals surface area contributed by atoms with Gasteiger partial charge in [0, 0.05) is 72.7 Å². The van der Waals surface area contributed by atoms with E-state index in [4.69, 9.17) is 4.98 Å². The summed E-state index contributed by atoms with van der Waals surface area (Å²) in [5.74, 6) is 0.887. The normalized spacial score (nSPS) is 12.7. The van der Waals surface area contributed by atoms with Crippen molar-refractivity contribution >= 4 is 83.4 Å². The minimum Gasteiger partial charge on any atom is -0.321 e. The van der Waals surface area contributed by atoms with Crippen molar-refractivity contribution in [3.8, 4) is 56.0 Å². The first-order valence-electron chi connectivity index (χ1n) is 28.4. The molecule has 11 aromatic carbocycles. The van der Waals surface area contributed by atoms with Crippen LogP contribution in [0.15, 0.2) is 273 Å². The van der Waals surface area contributed by atoms with Gasteiger partial charge in [-0.3, -0.25) is 4.57 Å². The summed E-state index contributed by atoms with van der Waals surface area (Å²) in [6, 6.07) is 98.0. The molecule has 0 radical (unpaired) electrons. The molecular weight excluding hydrogens is 997 g/mol. The Morgan fingerprint density at radius 1 is 0.390 bits per heavy atom. The molecule has 3 aromatic heterocycles. The lowest BCUT2D eigenvalue weighted by atomic mass is 9.88. The van der Waals surface area contributed by atoms with Crippen LogP contribution >= 0.6 is 0 Å². The van der Waals surface area contributed by atoms with Crippen molar-refractivity contribution in [1.82, 2.24) is 14.1 Å². The van der Waals surface area contributed by atoms with Gasteiger partial charge in [-0.1, -0.05) is 203 Å². The Balaban J connectivity index is 0.900. The third-order valence-electron chi connectivity index (χ3n) is 17.1. The van der Waals surface area contributed by atoms with Crippen LogP contribution in [0.2, 0.25) is 0 Å². The zero-order valence-corrected chi connectivity index (χ0v) is 45.9. The molecule has 2 aliphatic rings. The molecule has 0 saturated heterocycles. The zero-order chi connectivity index (χ0) is 54.6. The first kappa shape index (κ1) is 47.6. The second-order valence-corrected chi connectivity index (χ2v) is 22.8. The molecule has 0 fully saturated rings. The Morgan fingerprint density at radius 3 is 1.74 bits per heavy atom. The van der Waals surface area contributed by atoms with Crippen LogP contribution in [0.5, 0.6) is 0 Å². The fourth-order valence-electron chi connectivity index (χ4n) is 13.3. The van der Waals surface area contributed by atoms with Crippen LogP contribution in [0.1, 0.15) is 26.3 Å². The van der Waals surface area contributed by atoms with Crippen LogP contribution in [-0.2, 0) is 5.41 Å². The molecule has 6 nitrogen and oxygen atoms in total. The predicted molar refractivity (Wildman–Crippen MR) is 344 cm³/mol. The van der Waals surface area contributed by atoms with Crippen molar-refractivity contribution in [2.75, 3.05) is 21.4 Å². The number of aromatic nitrogens is 3. The van der Waals surface area contributed by atoms with E-state index in [1.807, 2.05) is 6.20 Å². The summed E-state index contributed by atoms with van der Waals surface area (Å²) < 4.78 is 4.94. The molecule has 2 aliphatic heterocycles. The molecule has 5 heterocycles. The molecule has 16 rings (SSSR count).